The highest BCUT2D eigenvalue weighted by Gasteiger charge is 2.11. The molecule has 0 saturated carbocycles. The summed E-state index contributed by atoms with van der Waals surface area (Å²) in [5.74, 6) is 0. The molecule has 4 heteroatoms. The van der Waals surface area contributed by atoms with E-state index in [1.807, 2.05) is 54.6 Å². The molecule has 0 saturated heterocycles. The van der Waals surface area contributed by atoms with Crippen LogP contribution < -0.4 is 0 Å². The first-order valence-electron chi connectivity index (χ1n) is 6.00. The van der Waals surface area contributed by atoms with Gasteiger partial charge in [0.25, 0.3) is 0 Å². The molecule has 20 heavy (non-hydrogen) atoms. The summed E-state index contributed by atoms with van der Waals surface area (Å²) in [6.45, 7) is 0. The lowest BCUT2D eigenvalue weighted by molar-refractivity contribution is 1.20. The molecule has 3 rings (SSSR count). The minimum absolute atomic E-state index is 0.0587. The molecule has 0 amide bonds. The minimum atomic E-state index is 0.0587. The van der Waals surface area contributed by atoms with E-state index in [1.165, 1.54) is 0 Å². The Kier molecular flexibility index (Phi) is 2.84. The van der Waals surface area contributed by atoms with Gasteiger partial charge in [-0.25, -0.2) is 9.97 Å². The highest BCUT2D eigenvalue weighted by Crippen LogP contribution is 2.26. The zero-order chi connectivity index (χ0) is 13.9. The Morgan fingerprint density at radius 2 is 1.45 bits per heavy atom. The van der Waals surface area contributed by atoms with Crippen LogP contribution in [0.5, 0.6) is 0 Å². The summed E-state index contributed by atoms with van der Waals surface area (Å²) in [6.07, 6.45) is 0. The van der Waals surface area contributed by atoms with Crippen LogP contribution in [0.4, 0.5) is 0 Å². The monoisotopic (exact) mass is 256 g/mol. The van der Waals surface area contributed by atoms with Crippen LogP contribution in [0.2, 0.25) is 0 Å². The molecule has 0 radical (unpaired) electrons. The third kappa shape index (κ3) is 1.86. The maximum Gasteiger partial charge on any atom is 0.177 e. The van der Waals surface area contributed by atoms with Gasteiger partial charge in [-0.2, -0.15) is 10.5 Å². The van der Waals surface area contributed by atoms with Crippen LogP contribution >= 0.6 is 0 Å². The van der Waals surface area contributed by atoms with Crippen molar-refractivity contribution in [3.8, 4) is 23.3 Å². The van der Waals surface area contributed by atoms with Gasteiger partial charge in [-0.1, -0.05) is 42.5 Å². The number of fused-ring (bicyclic) bond motifs is 1. The van der Waals surface area contributed by atoms with Gasteiger partial charge in [0.2, 0.25) is 0 Å². The fourth-order valence-electron chi connectivity index (χ4n) is 2.08. The van der Waals surface area contributed by atoms with Crippen LogP contribution in [0.25, 0.3) is 22.2 Å². The van der Waals surface area contributed by atoms with Crippen LogP contribution in [0.1, 0.15) is 11.4 Å². The summed E-state index contributed by atoms with van der Waals surface area (Å²) in [6, 6.07) is 19.2. The molecule has 3 aromatic rings. The first-order chi connectivity index (χ1) is 9.83. The number of hydrogen-bond acceptors (Lipinski definition) is 4. The van der Waals surface area contributed by atoms with Gasteiger partial charge < -0.3 is 0 Å². The SMILES string of the molecule is N#Cc1nc2cccc(-c3ccccc3)c2nc1C#N. The standard InChI is InChI=1S/C16H8N4/c17-9-14-15(10-18)20-16-12(7-4-8-13(16)19-14)11-5-2-1-3-6-11/h1-8H. The number of benzene rings is 2. The quantitative estimate of drug-likeness (QED) is 0.670. The van der Waals surface area contributed by atoms with Crippen molar-refractivity contribution in [2.24, 2.45) is 0 Å². The molecule has 1 heterocycles. The first-order valence-corrected chi connectivity index (χ1v) is 6.00. The Morgan fingerprint density at radius 3 is 2.15 bits per heavy atom. The van der Waals surface area contributed by atoms with Gasteiger partial charge in [0, 0.05) is 5.56 Å². The van der Waals surface area contributed by atoms with Gasteiger partial charge in [0.15, 0.2) is 11.4 Å². The number of rotatable bonds is 1. The molecule has 0 aliphatic heterocycles. The predicted molar refractivity (Wildman–Crippen MR) is 74.4 cm³/mol. The highest BCUT2D eigenvalue weighted by atomic mass is 14.8. The molecule has 0 aliphatic rings. The van der Waals surface area contributed by atoms with E-state index >= 15 is 0 Å². The number of hydrogen-bond donors (Lipinski definition) is 0. The molecular weight excluding hydrogens is 248 g/mol. The Bertz CT molecular complexity index is 871. The maximum absolute atomic E-state index is 9.07. The van der Waals surface area contributed by atoms with Crippen LogP contribution in [-0.4, -0.2) is 9.97 Å². The molecule has 0 fully saturated rings. The van der Waals surface area contributed by atoms with Crippen LogP contribution in [0.15, 0.2) is 48.5 Å². The van der Waals surface area contributed by atoms with E-state index in [4.69, 9.17) is 10.5 Å². The van der Waals surface area contributed by atoms with Gasteiger partial charge in [-0.05, 0) is 11.6 Å². The molecule has 0 atom stereocenters. The molecule has 92 valence electrons. The van der Waals surface area contributed by atoms with E-state index < -0.39 is 0 Å². The molecule has 0 spiro atoms. The summed E-state index contributed by atoms with van der Waals surface area (Å²) < 4.78 is 0. The van der Waals surface area contributed by atoms with E-state index in [9.17, 15) is 0 Å². The zero-order valence-electron chi connectivity index (χ0n) is 10.4. The van der Waals surface area contributed by atoms with Gasteiger partial charge in [0.1, 0.15) is 12.1 Å². The van der Waals surface area contributed by atoms with Gasteiger partial charge in [0.05, 0.1) is 11.0 Å². The Morgan fingerprint density at radius 1 is 0.750 bits per heavy atom. The average molecular weight is 256 g/mol. The lowest BCUT2D eigenvalue weighted by Gasteiger charge is -2.06. The van der Waals surface area contributed by atoms with Crippen molar-refractivity contribution in [3.63, 3.8) is 0 Å². The minimum Gasteiger partial charge on any atom is -0.232 e. The van der Waals surface area contributed by atoms with Gasteiger partial charge >= 0.3 is 0 Å². The molecular formula is C16H8N4. The van der Waals surface area contributed by atoms with Crippen molar-refractivity contribution in [2.75, 3.05) is 0 Å². The fraction of sp³-hybridized carbons (Fsp3) is 0. The predicted octanol–water partition coefficient (Wildman–Crippen LogP) is 3.04. The molecule has 0 aliphatic carbocycles. The number of nitriles is 2. The van der Waals surface area contributed by atoms with E-state index in [-0.39, 0.29) is 11.4 Å². The van der Waals surface area contributed by atoms with E-state index in [2.05, 4.69) is 9.97 Å². The summed E-state index contributed by atoms with van der Waals surface area (Å²) >= 11 is 0. The van der Waals surface area contributed by atoms with E-state index in [0.29, 0.717) is 11.0 Å². The summed E-state index contributed by atoms with van der Waals surface area (Å²) in [5, 5.41) is 18.1. The summed E-state index contributed by atoms with van der Waals surface area (Å²) in [5.41, 5.74) is 3.27. The van der Waals surface area contributed by atoms with Crippen LogP contribution in [0.3, 0.4) is 0 Å². The van der Waals surface area contributed by atoms with Crippen molar-refractivity contribution in [2.45, 2.75) is 0 Å². The normalized spacial score (nSPS) is 9.90. The van der Waals surface area contributed by atoms with Crippen molar-refractivity contribution in [1.29, 1.82) is 10.5 Å². The first kappa shape index (κ1) is 11.8. The van der Waals surface area contributed by atoms with E-state index in [0.717, 1.165) is 11.1 Å². The van der Waals surface area contributed by atoms with Crippen LogP contribution in [0, 0.1) is 22.7 Å². The maximum atomic E-state index is 9.07. The Hall–Kier alpha value is -3.24. The lowest BCUT2D eigenvalue weighted by Crippen LogP contribution is -1.96. The summed E-state index contributed by atoms with van der Waals surface area (Å²) in [7, 11) is 0. The van der Waals surface area contributed by atoms with Gasteiger partial charge in [-0.3, -0.25) is 0 Å². The molecule has 0 unspecified atom stereocenters. The zero-order valence-corrected chi connectivity index (χ0v) is 10.4. The van der Waals surface area contributed by atoms with Crippen molar-refractivity contribution >= 4 is 11.0 Å². The number of para-hydroxylation sites is 1. The van der Waals surface area contributed by atoms with Crippen molar-refractivity contribution < 1.29 is 0 Å². The number of nitrogens with zero attached hydrogens (tertiary/aromatic N) is 4. The molecule has 0 N–H and O–H groups in total. The largest absolute Gasteiger partial charge is 0.232 e. The molecule has 2 aromatic carbocycles. The fourth-order valence-corrected chi connectivity index (χ4v) is 2.08. The van der Waals surface area contributed by atoms with Crippen LogP contribution in [-0.2, 0) is 0 Å². The smallest absolute Gasteiger partial charge is 0.177 e. The second kappa shape index (κ2) is 4.79. The van der Waals surface area contributed by atoms with Gasteiger partial charge in [-0.15, -0.1) is 0 Å². The van der Waals surface area contributed by atoms with Crippen molar-refractivity contribution in [3.05, 3.63) is 59.9 Å². The highest BCUT2D eigenvalue weighted by molar-refractivity contribution is 5.91. The Labute approximate surface area is 115 Å². The van der Waals surface area contributed by atoms with E-state index in [1.54, 1.807) is 6.07 Å². The molecule has 0 bridgehead atoms. The third-order valence-corrected chi connectivity index (χ3v) is 2.99. The lowest BCUT2D eigenvalue weighted by atomic mass is 10.0. The number of aromatic nitrogens is 2. The van der Waals surface area contributed by atoms with Crippen molar-refractivity contribution in [1.82, 2.24) is 9.97 Å². The Balaban J connectivity index is 2.36. The molecule has 1 aromatic heterocycles. The molecule has 4 nitrogen and oxygen atoms in total. The second-order valence-corrected chi connectivity index (χ2v) is 4.18. The second-order valence-electron chi connectivity index (χ2n) is 4.18. The summed E-state index contributed by atoms with van der Waals surface area (Å²) in [4.78, 5) is 8.50. The third-order valence-electron chi connectivity index (χ3n) is 2.99. The topological polar surface area (TPSA) is 73.4 Å². The average Bonchev–Trinajstić information content (AvgIpc) is 2.53.